The summed E-state index contributed by atoms with van der Waals surface area (Å²) >= 11 is 0. The molecular formula is C17H18O7. The molecule has 0 radical (unpaired) electrons. The Morgan fingerprint density at radius 3 is 2.88 bits per heavy atom. The van der Waals surface area contributed by atoms with Gasteiger partial charge in [-0.2, -0.15) is 0 Å². The van der Waals surface area contributed by atoms with Crippen molar-refractivity contribution in [3.05, 3.63) is 41.0 Å². The minimum Gasteiger partial charge on any atom is -0.504 e. The van der Waals surface area contributed by atoms with Gasteiger partial charge in [-0.3, -0.25) is 4.79 Å². The van der Waals surface area contributed by atoms with Crippen molar-refractivity contribution in [2.75, 3.05) is 6.61 Å². The summed E-state index contributed by atoms with van der Waals surface area (Å²) < 4.78 is 15.7. The first-order valence-electron chi connectivity index (χ1n) is 7.49. The highest BCUT2D eigenvalue weighted by Gasteiger charge is 2.15. The van der Waals surface area contributed by atoms with E-state index in [0.717, 1.165) is 6.42 Å². The fraction of sp³-hybridized carbons (Fsp3) is 0.294. The van der Waals surface area contributed by atoms with Crippen LogP contribution in [-0.4, -0.2) is 22.8 Å². The number of aliphatic carboxylic acids is 1. The third-order valence-corrected chi connectivity index (χ3v) is 3.13. The number of fused-ring (bicyclic) bond motifs is 1. The van der Waals surface area contributed by atoms with Gasteiger partial charge in [-0.05, 0) is 31.1 Å². The second-order valence-corrected chi connectivity index (χ2v) is 4.97. The molecular weight excluding hydrogens is 316 g/mol. The second kappa shape index (κ2) is 8.05. The first kappa shape index (κ1) is 17.4. The van der Waals surface area contributed by atoms with Gasteiger partial charge >= 0.3 is 11.6 Å². The summed E-state index contributed by atoms with van der Waals surface area (Å²) in [5.74, 6) is -1.06. The standard InChI is InChI=1S/C17H18O7/c1-2-3-8-23-16-15(20)12-7-6-11(10-13(12)24-17(16)21)22-9-4-5-14(18)19/h3,6-8,10,20H,2,4-5,9H2,1H3,(H,18,19)/b8-3+. The molecule has 0 spiro atoms. The highest BCUT2D eigenvalue weighted by Crippen LogP contribution is 2.33. The van der Waals surface area contributed by atoms with Crippen LogP contribution in [0.5, 0.6) is 17.2 Å². The Morgan fingerprint density at radius 2 is 2.17 bits per heavy atom. The number of aromatic hydroxyl groups is 1. The molecule has 1 aromatic carbocycles. The Kier molecular flexibility index (Phi) is 5.83. The van der Waals surface area contributed by atoms with Crippen molar-refractivity contribution < 1.29 is 28.9 Å². The average Bonchev–Trinajstić information content (AvgIpc) is 2.54. The van der Waals surface area contributed by atoms with Crippen LogP contribution in [-0.2, 0) is 4.79 Å². The molecule has 1 heterocycles. The maximum atomic E-state index is 11.9. The molecule has 0 aliphatic carbocycles. The van der Waals surface area contributed by atoms with E-state index in [1.165, 1.54) is 18.4 Å². The van der Waals surface area contributed by atoms with Gasteiger partial charge in [0.25, 0.3) is 5.75 Å². The van der Waals surface area contributed by atoms with Gasteiger partial charge in [0.2, 0.25) is 0 Å². The molecule has 0 atom stereocenters. The lowest BCUT2D eigenvalue weighted by atomic mass is 10.2. The van der Waals surface area contributed by atoms with E-state index in [1.54, 1.807) is 12.1 Å². The van der Waals surface area contributed by atoms with Gasteiger partial charge in [0.1, 0.15) is 11.3 Å². The molecule has 2 N–H and O–H groups in total. The highest BCUT2D eigenvalue weighted by atomic mass is 16.5. The molecule has 0 saturated heterocycles. The number of rotatable bonds is 8. The summed E-state index contributed by atoms with van der Waals surface area (Å²) in [7, 11) is 0. The summed E-state index contributed by atoms with van der Waals surface area (Å²) in [6.45, 7) is 2.12. The second-order valence-electron chi connectivity index (χ2n) is 4.97. The lowest BCUT2D eigenvalue weighted by molar-refractivity contribution is -0.137. The Balaban J connectivity index is 2.21. The van der Waals surface area contributed by atoms with E-state index in [9.17, 15) is 14.7 Å². The molecule has 0 amide bonds. The van der Waals surface area contributed by atoms with Crippen LogP contribution in [0.1, 0.15) is 26.2 Å². The first-order chi connectivity index (χ1) is 11.5. The van der Waals surface area contributed by atoms with Crippen molar-refractivity contribution in [1.82, 2.24) is 0 Å². The molecule has 2 aromatic rings. The van der Waals surface area contributed by atoms with Crippen molar-refractivity contribution in [3.8, 4) is 17.2 Å². The predicted molar refractivity (Wildman–Crippen MR) is 86.6 cm³/mol. The van der Waals surface area contributed by atoms with Crippen molar-refractivity contribution >= 4 is 16.9 Å². The largest absolute Gasteiger partial charge is 0.504 e. The quantitative estimate of drug-likeness (QED) is 0.434. The van der Waals surface area contributed by atoms with E-state index in [4.69, 9.17) is 19.0 Å². The number of allylic oxidation sites excluding steroid dienone is 1. The van der Waals surface area contributed by atoms with E-state index in [1.807, 2.05) is 6.92 Å². The van der Waals surface area contributed by atoms with Crippen LogP contribution in [0.15, 0.2) is 39.7 Å². The highest BCUT2D eigenvalue weighted by molar-refractivity contribution is 5.86. The molecule has 7 nitrogen and oxygen atoms in total. The zero-order valence-electron chi connectivity index (χ0n) is 13.2. The molecule has 2 rings (SSSR count). The van der Waals surface area contributed by atoms with Crippen LogP contribution in [0.2, 0.25) is 0 Å². The summed E-state index contributed by atoms with van der Waals surface area (Å²) in [5.41, 5.74) is -0.649. The van der Waals surface area contributed by atoms with Crippen LogP contribution in [0.4, 0.5) is 0 Å². The van der Waals surface area contributed by atoms with Crippen LogP contribution in [0, 0.1) is 0 Å². The Morgan fingerprint density at radius 1 is 1.38 bits per heavy atom. The molecule has 24 heavy (non-hydrogen) atoms. The fourth-order valence-electron chi connectivity index (χ4n) is 1.97. The van der Waals surface area contributed by atoms with Gasteiger partial charge in [-0.1, -0.05) is 6.92 Å². The molecule has 0 bridgehead atoms. The van der Waals surface area contributed by atoms with Gasteiger partial charge in [0, 0.05) is 12.5 Å². The molecule has 0 aliphatic heterocycles. The molecule has 128 valence electrons. The number of hydrogen-bond acceptors (Lipinski definition) is 6. The zero-order valence-corrected chi connectivity index (χ0v) is 13.2. The SMILES string of the molecule is CC/C=C/Oc1c(O)c2ccc(OCCCC(=O)O)cc2oc1=O. The van der Waals surface area contributed by atoms with Gasteiger partial charge in [-0.25, -0.2) is 4.79 Å². The van der Waals surface area contributed by atoms with E-state index in [0.29, 0.717) is 17.6 Å². The van der Waals surface area contributed by atoms with Crippen molar-refractivity contribution in [2.45, 2.75) is 26.2 Å². The van der Waals surface area contributed by atoms with Crippen molar-refractivity contribution in [3.63, 3.8) is 0 Å². The van der Waals surface area contributed by atoms with Crippen LogP contribution >= 0.6 is 0 Å². The predicted octanol–water partition coefficient (Wildman–Crippen LogP) is 3.04. The van der Waals surface area contributed by atoms with Crippen molar-refractivity contribution in [2.24, 2.45) is 0 Å². The Labute approximate surface area is 137 Å². The number of carbonyl (C=O) groups is 1. The van der Waals surface area contributed by atoms with E-state index >= 15 is 0 Å². The number of carboxylic acid groups (broad SMARTS) is 1. The van der Waals surface area contributed by atoms with E-state index in [2.05, 4.69) is 0 Å². The minimum atomic E-state index is -0.891. The number of benzene rings is 1. The monoisotopic (exact) mass is 334 g/mol. The molecule has 0 unspecified atom stereocenters. The summed E-state index contributed by atoms with van der Waals surface area (Å²) in [6.07, 6.45) is 4.10. The fourth-order valence-corrected chi connectivity index (χ4v) is 1.97. The van der Waals surface area contributed by atoms with Crippen LogP contribution in [0.25, 0.3) is 11.0 Å². The van der Waals surface area contributed by atoms with E-state index < -0.39 is 11.6 Å². The summed E-state index contributed by atoms with van der Waals surface area (Å²) in [4.78, 5) is 22.3. The van der Waals surface area contributed by atoms with Crippen LogP contribution < -0.4 is 15.1 Å². The molecule has 7 heteroatoms. The van der Waals surface area contributed by atoms with Gasteiger partial charge in [0.15, 0.2) is 5.75 Å². The maximum Gasteiger partial charge on any atom is 0.383 e. The lowest BCUT2D eigenvalue weighted by Crippen LogP contribution is -2.04. The zero-order chi connectivity index (χ0) is 17.5. The molecule has 0 fully saturated rings. The van der Waals surface area contributed by atoms with Gasteiger partial charge in [0.05, 0.1) is 18.3 Å². The smallest absolute Gasteiger partial charge is 0.383 e. The number of ether oxygens (including phenoxy) is 2. The molecule has 0 saturated carbocycles. The third kappa shape index (κ3) is 4.28. The number of hydrogen-bond donors (Lipinski definition) is 2. The topological polar surface area (TPSA) is 106 Å². The normalized spacial score (nSPS) is 11.0. The Hall–Kier alpha value is -2.96. The van der Waals surface area contributed by atoms with Crippen molar-refractivity contribution in [1.29, 1.82) is 0 Å². The summed E-state index contributed by atoms with van der Waals surface area (Å²) in [6, 6.07) is 4.59. The van der Waals surface area contributed by atoms with Gasteiger partial charge in [-0.15, -0.1) is 0 Å². The number of carboxylic acids is 1. The molecule has 1 aromatic heterocycles. The first-order valence-corrected chi connectivity index (χ1v) is 7.49. The minimum absolute atomic E-state index is 0.00935. The Bertz CT molecular complexity index is 804. The molecule has 0 aliphatic rings. The van der Waals surface area contributed by atoms with Crippen LogP contribution in [0.3, 0.4) is 0 Å². The van der Waals surface area contributed by atoms with Gasteiger partial charge < -0.3 is 24.1 Å². The lowest BCUT2D eigenvalue weighted by Gasteiger charge is -2.08. The third-order valence-electron chi connectivity index (χ3n) is 3.13. The average molecular weight is 334 g/mol. The van der Waals surface area contributed by atoms with E-state index in [-0.39, 0.29) is 30.1 Å². The summed E-state index contributed by atoms with van der Waals surface area (Å²) in [5, 5.41) is 19.0. The maximum absolute atomic E-state index is 11.9.